The molecule has 2 atom stereocenters. The maximum Gasteiger partial charge on any atom is 0.134 e. The fraction of sp³-hybridized carbons (Fsp3) is 0.529. The smallest absolute Gasteiger partial charge is 0.134 e. The number of benzene rings is 1. The Morgan fingerprint density at radius 1 is 1.43 bits per heavy atom. The normalized spacial score (nSPS) is 21.4. The molecule has 1 fully saturated rings. The summed E-state index contributed by atoms with van der Waals surface area (Å²) >= 11 is 0. The summed E-state index contributed by atoms with van der Waals surface area (Å²) in [5.74, 6) is 1.71. The van der Waals surface area contributed by atoms with Crippen molar-refractivity contribution in [2.45, 2.75) is 12.5 Å². The molecule has 2 N–H and O–H groups in total. The number of fused-ring (bicyclic) bond motifs is 1. The Hall–Kier alpha value is -1.36. The van der Waals surface area contributed by atoms with E-state index < -0.39 is 0 Å². The molecule has 0 bridgehead atoms. The van der Waals surface area contributed by atoms with Gasteiger partial charge in [-0.3, -0.25) is 4.90 Å². The van der Waals surface area contributed by atoms with Gasteiger partial charge in [0.2, 0.25) is 0 Å². The van der Waals surface area contributed by atoms with Crippen LogP contribution < -0.4 is 5.73 Å². The van der Waals surface area contributed by atoms with Gasteiger partial charge in [0.05, 0.1) is 6.04 Å². The fourth-order valence-electron chi connectivity index (χ4n) is 3.39. The lowest BCUT2D eigenvalue weighted by Gasteiger charge is -2.27. The molecule has 3 rings (SSSR count). The number of likely N-dealkylation sites (N-methyl/N-ethyl adjacent to an activating group) is 1. The van der Waals surface area contributed by atoms with Crippen LogP contribution in [-0.4, -0.2) is 50.1 Å². The van der Waals surface area contributed by atoms with E-state index in [1.165, 1.54) is 19.5 Å². The zero-order valence-corrected chi connectivity index (χ0v) is 13.0. The average molecular weight is 287 g/mol. The molecule has 0 aliphatic carbocycles. The average Bonchev–Trinajstić information content (AvgIpc) is 3.05. The van der Waals surface area contributed by atoms with Gasteiger partial charge in [-0.05, 0) is 45.1 Å². The largest absolute Gasteiger partial charge is 0.459 e. The topological polar surface area (TPSA) is 45.6 Å². The molecule has 1 aromatic carbocycles. The first kappa shape index (κ1) is 14.6. The second kappa shape index (κ2) is 6.18. The van der Waals surface area contributed by atoms with E-state index in [1.807, 2.05) is 18.2 Å². The molecule has 4 nitrogen and oxygen atoms in total. The Morgan fingerprint density at radius 3 is 2.90 bits per heavy atom. The molecule has 0 amide bonds. The maximum absolute atomic E-state index is 6.02. The first-order valence-electron chi connectivity index (χ1n) is 7.74. The van der Waals surface area contributed by atoms with Gasteiger partial charge < -0.3 is 15.1 Å². The summed E-state index contributed by atoms with van der Waals surface area (Å²) in [5, 5.41) is 1.15. The van der Waals surface area contributed by atoms with Crippen LogP contribution in [0.4, 0.5) is 0 Å². The number of rotatable bonds is 5. The minimum Gasteiger partial charge on any atom is -0.459 e. The van der Waals surface area contributed by atoms with Crippen LogP contribution in [0.25, 0.3) is 11.0 Å². The van der Waals surface area contributed by atoms with E-state index in [0.717, 1.165) is 29.2 Å². The van der Waals surface area contributed by atoms with Crippen LogP contribution in [-0.2, 0) is 0 Å². The first-order valence-corrected chi connectivity index (χ1v) is 7.74. The minimum atomic E-state index is 0.156. The molecule has 1 aliphatic heterocycles. The third-order valence-corrected chi connectivity index (χ3v) is 4.56. The van der Waals surface area contributed by atoms with Crippen molar-refractivity contribution in [3.05, 3.63) is 36.1 Å². The summed E-state index contributed by atoms with van der Waals surface area (Å²) in [5.41, 5.74) is 6.96. The monoisotopic (exact) mass is 287 g/mol. The summed E-state index contributed by atoms with van der Waals surface area (Å²) in [6, 6.07) is 10.4. The molecule has 2 aromatic rings. The number of para-hydroxylation sites is 1. The lowest BCUT2D eigenvalue weighted by atomic mass is 10.1. The van der Waals surface area contributed by atoms with Crippen LogP contribution >= 0.6 is 0 Å². The molecule has 114 valence electrons. The van der Waals surface area contributed by atoms with Crippen LogP contribution in [0.1, 0.15) is 18.2 Å². The van der Waals surface area contributed by atoms with Crippen molar-refractivity contribution in [1.29, 1.82) is 0 Å². The van der Waals surface area contributed by atoms with Crippen molar-refractivity contribution in [2.24, 2.45) is 11.7 Å². The molecule has 2 heterocycles. The van der Waals surface area contributed by atoms with Crippen LogP contribution in [0.3, 0.4) is 0 Å². The third-order valence-electron chi connectivity index (χ3n) is 4.56. The highest BCUT2D eigenvalue weighted by molar-refractivity contribution is 5.77. The van der Waals surface area contributed by atoms with Crippen molar-refractivity contribution in [1.82, 2.24) is 9.80 Å². The van der Waals surface area contributed by atoms with Crippen LogP contribution in [0, 0.1) is 5.92 Å². The van der Waals surface area contributed by atoms with Gasteiger partial charge in [-0.2, -0.15) is 0 Å². The van der Waals surface area contributed by atoms with E-state index in [0.29, 0.717) is 6.54 Å². The fourth-order valence-corrected chi connectivity index (χ4v) is 3.39. The summed E-state index contributed by atoms with van der Waals surface area (Å²) in [4.78, 5) is 4.75. The van der Waals surface area contributed by atoms with Crippen molar-refractivity contribution in [3.63, 3.8) is 0 Å². The van der Waals surface area contributed by atoms with Gasteiger partial charge in [-0.25, -0.2) is 0 Å². The van der Waals surface area contributed by atoms with E-state index in [-0.39, 0.29) is 6.04 Å². The van der Waals surface area contributed by atoms with Gasteiger partial charge >= 0.3 is 0 Å². The van der Waals surface area contributed by atoms with E-state index in [1.54, 1.807) is 0 Å². The van der Waals surface area contributed by atoms with Crippen LogP contribution in [0.15, 0.2) is 34.7 Å². The van der Waals surface area contributed by atoms with Crippen molar-refractivity contribution >= 4 is 11.0 Å². The van der Waals surface area contributed by atoms with Crippen molar-refractivity contribution < 1.29 is 4.42 Å². The standard InChI is InChI=1S/C17H25N3O/c1-19-8-7-13(11-19)12-20(2)15(10-18)17-9-14-5-3-4-6-16(14)21-17/h3-6,9,13,15H,7-8,10-12,18H2,1-2H3. The molecule has 1 aromatic heterocycles. The van der Waals surface area contributed by atoms with Gasteiger partial charge in [0.1, 0.15) is 11.3 Å². The Bertz CT molecular complexity index is 561. The van der Waals surface area contributed by atoms with E-state index >= 15 is 0 Å². The van der Waals surface area contributed by atoms with Crippen LogP contribution in [0.5, 0.6) is 0 Å². The lowest BCUT2D eigenvalue weighted by Crippen LogP contribution is -2.34. The second-order valence-corrected chi connectivity index (χ2v) is 6.29. The SMILES string of the molecule is CN1CCC(CN(C)C(CN)c2cc3ccccc3o2)C1. The Labute approximate surface area is 126 Å². The van der Waals surface area contributed by atoms with Gasteiger partial charge in [-0.15, -0.1) is 0 Å². The molecule has 21 heavy (non-hydrogen) atoms. The Kier molecular flexibility index (Phi) is 4.29. The molecule has 1 saturated heterocycles. The Balaban J connectivity index is 1.74. The number of nitrogens with two attached hydrogens (primary N) is 1. The predicted octanol–water partition coefficient (Wildman–Crippen LogP) is 2.32. The number of nitrogens with zero attached hydrogens (tertiary/aromatic N) is 2. The van der Waals surface area contributed by atoms with E-state index in [9.17, 15) is 0 Å². The van der Waals surface area contributed by atoms with Gasteiger partial charge in [0, 0.05) is 25.0 Å². The highest BCUT2D eigenvalue weighted by Crippen LogP contribution is 2.27. The van der Waals surface area contributed by atoms with Gasteiger partial charge in [0.25, 0.3) is 0 Å². The summed E-state index contributed by atoms with van der Waals surface area (Å²) < 4.78 is 6.00. The minimum absolute atomic E-state index is 0.156. The van der Waals surface area contributed by atoms with E-state index in [4.69, 9.17) is 10.2 Å². The zero-order valence-electron chi connectivity index (χ0n) is 13.0. The summed E-state index contributed by atoms with van der Waals surface area (Å²) in [6.45, 7) is 4.04. The quantitative estimate of drug-likeness (QED) is 0.916. The second-order valence-electron chi connectivity index (χ2n) is 6.29. The highest BCUT2D eigenvalue weighted by atomic mass is 16.3. The molecule has 0 saturated carbocycles. The molecular weight excluding hydrogens is 262 g/mol. The van der Waals surface area contributed by atoms with Crippen LogP contribution in [0.2, 0.25) is 0 Å². The predicted molar refractivity (Wildman–Crippen MR) is 86.2 cm³/mol. The number of likely N-dealkylation sites (tertiary alicyclic amines) is 1. The highest BCUT2D eigenvalue weighted by Gasteiger charge is 2.25. The molecule has 1 aliphatic rings. The van der Waals surface area contributed by atoms with Gasteiger partial charge in [0.15, 0.2) is 0 Å². The number of hydrogen-bond donors (Lipinski definition) is 1. The maximum atomic E-state index is 6.02. The lowest BCUT2D eigenvalue weighted by molar-refractivity contribution is 0.192. The molecule has 0 spiro atoms. The summed E-state index contributed by atoms with van der Waals surface area (Å²) in [6.07, 6.45) is 1.28. The van der Waals surface area contributed by atoms with Crippen molar-refractivity contribution in [3.8, 4) is 0 Å². The van der Waals surface area contributed by atoms with E-state index in [2.05, 4.69) is 36.0 Å². The Morgan fingerprint density at radius 2 is 2.24 bits per heavy atom. The number of furan rings is 1. The summed E-state index contributed by atoms with van der Waals surface area (Å²) in [7, 11) is 4.35. The molecule has 2 unspecified atom stereocenters. The first-order chi connectivity index (χ1) is 10.2. The molecule has 4 heteroatoms. The zero-order chi connectivity index (χ0) is 14.8. The van der Waals surface area contributed by atoms with Crippen molar-refractivity contribution in [2.75, 3.05) is 40.3 Å². The number of hydrogen-bond acceptors (Lipinski definition) is 4. The molecule has 0 radical (unpaired) electrons. The molecular formula is C17H25N3O. The third kappa shape index (κ3) is 3.12. The van der Waals surface area contributed by atoms with Gasteiger partial charge in [-0.1, -0.05) is 18.2 Å².